The van der Waals surface area contributed by atoms with Crippen molar-refractivity contribution < 1.29 is 5.11 Å². The number of nitrogens with two attached hydrogens (primary N) is 1. The molecular formula is C15H30N2O. The van der Waals surface area contributed by atoms with E-state index >= 15 is 0 Å². The fourth-order valence-corrected chi connectivity index (χ4v) is 3.77. The molecule has 0 aromatic carbocycles. The molecule has 18 heavy (non-hydrogen) atoms. The topological polar surface area (TPSA) is 49.5 Å². The Hall–Kier alpha value is -0.120. The van der Waals surface area contributed by atoms with Crippen LogP contribution in [-0.2, 0) is 0 Å². The average molecular weight is 254 g/mol. The first-order chi connectivity index (χ1) is 8.62. The van der Waals surface area contributed by atoms with Crippen LogP contribution >= 0.6 is 0 Å². The summed E-state index contributed by atoms with van der Waals surface area (Å²) in [7, 11) is 0. The highest BCUT2D eigenvalue weighted by Gasteiger charge is 2.33. The highest BCUT2D eigenvalue weighted by molar-refractivity contribution is 4.87. The molecule has 2 unspecified atom stereocenters. The molecule has 0 bridgehead atoms. The molecule has 0 aromatic heterocycles. The third kappa shape index (κ3) is 3.69. The number of likely N-dealkylation sites (tertiary alicyclic amines) is 1. The zero-order chi connectivity index (χ0) is 13.0. The largest absolute Gasteiger partial charge is 0.389 e. The number of rotatable bonds is 6. The first kappa shape index (κ1) is 14.3. The second-order valence-corrected chi connectivity index (χ2v) is 6.59. The lowest BCUT2D eigenvalue weighted by Gasteiger charge is -2.30. The van der Waals surface area contributed by atoms with Crippen LogP contribution in [0.25, 0.3) is 0 Å². The standard InChI is InChI=1S/C15H30N2O/c1-15(18,12-16)9-5-11-17-10-4-8-14(17)13-6-2-3-7-13/h13-14,18H,2-12,16H2,1H3. The molecule has 2 rings (SSSR count). The van der Waals surface area contributed by atoms with Gasteiger partial charge in [-0.15, -0.1) is 0 Å². The van der Waals surface area contributed by atoms with Crippen molar-refractivity contribution in [3.8, 4) is 0 Å². The average Bonchev–Trinajstić information content (AvgIpc) is 2.98. The van der Waals surface area contributed by atoms with Gasteiger partial charge in [0.15, 0.2) is 0 Å². The Morgan fingerprint density at radius 2 is 1.94 bits per heavy atom. The van der Waals surface area contributed by atoms with Crippen molar-refractivity contribution in [2.75, 3.05) is 19.6 Å². The molecule has 0 spiro atoms. The van der Waals surface area contributed by atoms with Gasteiger partial charge < -0.3 is 15.7 Å². The summed E-state index contributed by atoms with van der Waals surface area (Å²) >= 11 is 0. The highest BCUT2D eigenvalue weighted by atomic mass is 16.3. The first-order valence-corrected chi connectivity index (χ1v) is 7.79. The third-order valence-electron chi connectivity index (χ3n) is 4.96. The zero-order valence-electron chi connectivity index (χ0n) is 11.9. The summed E-state index contributed by atoms with van der Waals surface area (Å²) in [6.45, 7) is 4.65. The van der Waals surface area contributed by atoms with E-state index in [1.807, 2.05) is 6.92 Å². The molecular weight excluding hydrogens is 224 g/mol. The van der Waals surface area contributed by atoms with Crippen molar-refractivity contribution >= 4 is 0 Å². The predicted octanol–water partition coefficient (Wildman–Crippen LogP) is 2.13. The molecule has 1 saturated heterocycles. The number of nitrogens with zero attached hydrogens (tertiary/aromatic N) is 1. The van der Waals surface area contributed by atoms with Gasteiger partial charge in [-0.2, -0.15) is 0 Å². The van der Waals surface area contributed by atoms with Gasteiger partial charge in [0, 0.05) is 12.6 Å². The van der Waals surface area contributed by atoms with Gasteiger partial charge in [-0.1, -0.05) is 12.8 Å². The van der Waals surface area contributed by atoms with Crippen LogP contribution in [-0.4, -0.2) is 41.3 Å². The van der Waals surface area contributed by atoms with Gasteiger partial charge >= 0.3 is 0 Å². The van der Waals surface area contributed by atoms with Crippen molar-refractivity contribution in [2.45, 2.75) is 69.9 Å². The van der Waals surface area contributed by atoms with Gasteiger partial charge in [-0.25, -0.2) is 0 Å². The smallest absolute Gasteiger partial charge is 0.0741 e. The van der Waals surface area contributed by atoms with Gasteiger partial charge in [-0.3, -0.25) is 0 Å². The Morgan fingerprint density at radius 1 is 1.22 bits per heavy atom. The van der Waals surface area contributed by atoms with Gasteiger partial charge in [0.05, 0.1) is 5.60 Å². The monoisotopic (exact) mass is 254 g/mol. The van der Waals surface area contributed by atoms with E-state index in [9.17, 15) is 5.11 Å². The molecule has 3 nitrogen and oxygen atoms in total. The first-order valence-electron chi connectivity index (χ1n) is 7.79. The summed E-state index contributed by atoms with van der Waals surface area (Å²) in [5, 5.41) is 9.93. The lowest BCUT2D eigenvalue weighted by molar-refractivity contribution is 0.0526. The van der Waals surface area contributed by atoms with Crippen molar-refractivity contribution in [3.05, 3.63) is 0 Å². The summed E-state index contributed by atoms with van der Waals surface area (Å²) in [5.74, 6) is 0.961. The SMILES string of the molecule is CC(O)(CN)CCCN1CCCC1C1CCCC1. The van der Waals surface area contributed by atoms with Gasteiger partial charge in [0.2, 0.25) is 0 Å². The maximum Gasteiger partial charge on any atom is 0.0741 e. The van der Waals surface area contributed by atoms with Crippen molar-refractivity contribution in [1.29, 1.82) is 0 Å². The number of hydrogen-bond donors (Lipinski definition) is 2. The third-order valence-corrected chi connectivity index (χ3v) is 4.96. The van der Waals surface area contributed by atoms with E-state index in [1.165, 1.54) is 45.1 Å². The van der Waals surface area contributed by atoms with E-state index in [2.05, 4.69) is 4.90 Å². The fraction of sp³-hybridized carbons (Fsp3) is 1.00. The molecule has 2 fully saturated rings. The summed E-state index contributed by atoms with van der Waals surface area (Å²) < 4.78 is 0. The van der Waals surface area contributed by atoms with Crippen LogP contribution in [0.1, 0.15) is 58.3 Å². The normalized spacial score (nSPS) is 29.8. The fourth-order valence-electron chi connectivity index (χ4n) is 3.77. The van der Waals surface area contributed by atoms with Crippen LogP contribution in [0.2, 0.25) is 0 Å². The van der Waals surface area contributed by atoms with Crippen LogP contribution in [0, 0.1) is 5.92 Å². The molecule has 3 heteroatoms. The second kappa shape index (κ2) is 6.36. The molecule has 2 aliphatic rings. The van der Waals surface area contributed by atoms with Crippen LogP contribution < -0.4 is 5.73 Å². The molecule has 0 amide bonds. The van der Waals surface area contributed by atoms with E-state index in [0.717, 1.165) is 31.3 Å². The van der Waals surface area contributed by atoms with Crippen LogP contribution in [0.5, 0.6) is 0 Å². The van der Waals surface area contributed by atoms with Crippen LogP contribution in [0.4, 0.5) is 0 Å². The molecule has 1 saturated carbocycles. The molecule has 0 aromatic rings. The lowest BCUT2D eigenvalue weighted by atomic mass is 9.95. The van der Waals surface area contributed by atoms with E-state index in [1.54, 1.807) is 0 Å². The Balaban J connectivity index is 1.74. The van der Waals surface area contributed by atoms with Gasteiger partial charge in [-0.05, 0) is 64.5 Å². The number of hydrogen-bond acceptors (Lipinski definition) is 3. The quantitative estimate of drug-likeness (QED) is 0.763. The summed E-state index contributed by atoms with van der Waals surface area (Å²) in [6.07, 6.45) is 10.5. The minimum atomic E-state index is -0.664. The lowest BCUT2D eigenvalue weighted by Crippen LogP contribution is -2.38. The van der Waals surface area contributed by atoms with Gasteiger partial charge in [0.25, 0.3) is 0 Å². The Morgan fingerprint density at radius 3 is 2.61 bits per heavy atom. The summed E-state index contributed by atoms with van der Waals surface area (Å²) in [4.78, 5) is 2.68. The molecule has 2 atom stereocenters. The van der Waals surface area contributed by atoms with Crippen LogP contribution in [0.15, 0.2) is 0 Å². The molecule has 0 radical (unpaired) electrons. The minimum Gasteiger partial charge on any atom is -0.389 e. The Labute approximate surface area is 112 Å². The van der Waals surface area contributed by atoms with E-state index in [0.29, 0.717) is 6.54 Å². The van der Waals surface area contributed by atoms with Crippen molar-refractivity contribution in [3.63, 3.8) is 0 Å². The Kier molecular flexibility index (Phi) is 5.05. The zero-order valence-corrected chi connectivity index (χ0v) is 11.9. The second-order valence-electron chi connectivity index (χ2n) is 6.59. The van der Waals surface area contributed by atoms with Gasteiger partial charge in [0.1, 0.15) is 0 Å². The summed E-state index contributed by atoms with van der Waals surface area (Å²) in [5.41, 5.74) is 4.90. The molecule has 1 heterocycles. The Bertz CT molecular complexity index is 249. The maximum absolute atomic E-state index is 9.93. The van der Waals surface area contributed by atoms with E-state index in [4.69, 9.17) is 5.73 Å². The van der Waals surface area contributed by atoms with Crippen LogP contribution in [0.3, 0.4) is 0 Å². The summed E-state index contributed by atoms with van der Waals surface area (Å²) in [6, 6.07) is 0.843. The predicted molar refractivity (Wildman–Crippen MR) is 75.5 cm³/mol. The molecule has 3 N–H and O–H groups in total. The minimum absolute atomic E-state index is 0.374. The van der Waals surface area contributed by atoms with E-state index < -0.39 is 5.60 Å². The van der Waals surface area contributed by atoms with Crippen molar-refractivity contribution in [2.24, 2.45) is 11.7 Å². The van der Waals surface area contributed by atoms with Crippen molar-refractivity contribution in [1.82, 2.24) is 4.90 Å². The molecule has 106 valence electrons. The maximum atomic E-state index is 9.93. The highest BCUT2D eigenvalue weighted by Crippen LogP contribution is 2.35. The molecule has 1 aliphatic carbocycles. The van der Waals surface area contributed by atoms with E-state index in [-0.39, 0.29) is 0 Å². The molecule has 1 aliphatic heterocycles. The number of aliphatic hydroxyl groups is 1.